The summed E-state index contributed by atoms with van der Waals surface area (Å²) >= 11 is 1.11. The minimum absolute atomic E-state index is 0.309. The van der Waals surface area contributed by atoms with Crippen LogP contribution < -0.4 is 11.2 Å². The second-order valence-corrected chi connectivity index (χ2v) is 9.21. The second kappa shape index (κ2) is 7.99. The first-order valence-electron chi connectivity index (χ1n) is 10.6. The first-order valence-corrected chi connectivity index (χ1v) is 11.4. The van der Waals surface area contributed by atoms with Crippen LogP contribution in [0, 0.1) is 6.92 Å². The number of aromatic nitrogens is 2. The molecule has 2 aromatic heterocycles. The molecule has 0 fully saturated rings. The molecule has 4 nitrogen and oxygen atoms in total. The Hall–Kier alpha value is -3.65. The monoisotopic (exact) mass is 480 g/mol. The molecule has 0 aliphatic heterocycles. The van der Waals surface area contributed by atoms with Crippen molar-refractivity contribution in [3.05, 3.63) is 104 Å². The summed E-state index contributed by atoms with van der Waals surface area (Å²) in [6.45, 7) is 3.49. The van der Waals surface area contributed by atoms with E-state index in [-0.39, 0.29) is 0 Å². The first-order chi connectivity index (χ1) is 16.2. The van der Waals surface area contributed by atoms with Gasteiger partial charge in [0.15, 0.2) is 0 Å². The number of nitrogens with one attached hydrogen (secondary N) is 1. The van der Waals surface area contributed by atoms with Crippen LogP contribution in [0.25, 0.3) is 31.4 Å². The van der Waals surface area contributed by atoms with Gasteiger partial charge < -0.3 is 0 Å². The summed E-state index contributed by atoms with van der Waals surface area (Å²) in [7, 11) is 0. The fraction of sp³-hybridized carbons (Fsp3) is 0.154. The summed E-state index contributed by atoms with van der Waals surface area (Å²) < 4.78 is 40.8. The van der Waals surface area contributed by atoms with E-state index in [9.17, 15) is 22.8 Å². The third kappa shape index (κ3) is 3.54. The number of fused-ring (bicyclic) bond motifs is 2. The van der Waals surface area contributed by atoms with Gasteiger partial charge >= 0.3 is 11.9 Å². The molecular formula is C26H19F3N2O2S. The molecule has 5 rings (SSSR count). The van der Waals surface area contributed by atoms with Gasteiger partial charge in [0.2, 0.25) is 0 Å². The van der Waals surface area contributed by atoms with Gasteiger partial charge in [0.05, 0.1) is 17.0 Å². The summed E-state index contributed by atoms with van der Waals surface area (Å²) in [6.07, 6.45) is -4.48. The Bertz CT molecular complexity index is 1670. The maximum atomic E-state index is 13.6. The lowest BCUT2D eigenvalue weighted by Crippen LogP contribution is -2.37. The number of H-pyrrole nitrogens is 1. The Morgan fingerprint density at radius 1 is 0.971 bits per heavy atom. The molecule has 5 aromatic rings. The zero-order valence-corrected chi connectivity index (χ0v) is 19.1. The highest BCUT2D eigenvalue weighted by Gasteiger charge is 2.31. The number of halogens is 3. The number of hydrogen-bond donors (Lipinski definition) is 1. The van der Waals surface area contributed by atoms with Crippen LogP contribution in [0.15, 0.2) is 76.3 Å². The van der Waals surface area contributed by atoms with Gasteiger partial charge in [-0.05, 0) is 53.4 Å². The molecular weight excluding hydrogens is 461 g/mol. The fourth-order valence-corrected chi connectivity index (χ4v) is 5.63. The molecule has 1 N–H and O–H groups in total. The van der Waals surface area contributed by atoms with Gasteiger partial charge in [-0.2, -0.15) is 13.2 Å². The Balaban J connectivity index is 1.70. The smallest absolute Gasteiger partial charge is 0.298 e. The summed E-state index contributed by atoms with van der Waals surface area (Å²) in [4.78, 5) is 30.2. The second-order valence-electron chi connectivity index (χ2n) is 8.19. The van der Waals surface area contributed by atoms with Crippen molar-refractivity contribution >= 4 is 32.3 Å². The van der Waals surface area contributed by atoms with E-state index in [0.29, 0.717) is 26.2 Å². The molecule has 0 saturated carbocycles. The normalized spacial score (nSPS) is 13.0. The summed E-state index contributed by atoms with van der Waals surface area (Å²) in [5.41, 5.74) is -0.0730. The first kappa shape index (κ1) is 22.2. The third-order valence-electron chi connectivity index (χ3n) is 6.13. The number of hydrogen-bond acceptors (Lipinski definition) is 3. The lowest BCUT2D eigenvalue weighted by molar-refractivity contribution is -0.137. The van der Waals surface area contributed by atoms with Gasteiger partial charge in [-0.1, -0.05) is 54.6 Å². The molecule has 0 aliphatic carbocycles. The van der Waals surface area contributed by atoms with Gasteiger partial charge in [0, 0.05) is 4.88 Å². The van der Waals surface area contributed by atoms with Crippen LogP contribution in [0.1, 0.15) is 29.7 Å². The van der Waals surface area contributed by atoms with Crippen molar-refractivity contribution in [2.75, 3.05) is 0 Å². The van der Waals surface area contributed by atoms with Gasteiger partial charge in [-0.15, -0.1) is 11.3 Å². The summed E-state index contributed by atoms with van der Waals surface area (Å²) in [6, 6.07) is 17.9. The van der Waals surface area contributed by atoms with Crippen LogP contribution in [-0.4, -0.2) is 9.55 Å². The van der Waals surface area contributed by atoms with Gasteiger partial charge in [-0.3, -0.25) is 14.3 Å². The van der Waals surface area contributed by atoms with Crippen molar-refractivity contribution in [2.24, 2.45) is 0 Å². The standard InChI is InChI=1S/C26H19F3N2O2S/c1-14-21-23(34-22(14)17-9-5-10-18(13-17)26(27,28)29)30-25(33)31(24(21)32)15(2)19-12-6-8-16-7-3-4-11-20(16)19/h3-13,15H,1-2H3,(H,30,33)/t15-/m0/s1. The Morgan fingerprint density at radius 2 is 1.68 bits per heavy atom. The highest BCUT2D eigenvalue weighted by atomic mass is 32.1. The molecule has 1 atom stereocenters. The molecule has 0 unspecified atom stereocenters. The summed E-state index contributed by atoms with van der Waals surface area (Å²) in [5, 5.41) is 2.25. The molecule has 0 radical (unpaired) electrons. The van der Waals surface area contributed by atoms with E-state index in [2.05, 4.69) is 4.98 Å². The molecule has 0 amide bonds. The third-order valence-corrected chi connectivity index (χ3v) is 7.39. The van der Waals surface area contributed by atoms with Crippen LogP contribution >= 0.6 is 11.3 Å². The maximum absolute atomic E-state index is 13.6. The molecule has 0 aliphatic rings. The molecule has 2 heterocycles. The number of thiophene rings is 1. The summed E-state index contributed by atoms with van der Waals surface area (Å²) in [5.74, 6) is 0. The van der Waals surface area contributed by atoms with Gasteiger partial charge in [-0.25, -0.2) is 4.79 Å². The highest BCUT2D eigenvalue weighted by Crippen LogP contribution is 2.38. The topological polar surface area (TPSA) is 54.9 Å². The van der Waals surface area contributed by atoms with Gasteiger partial charge in [0.1, 0.15) is 4.83 Å². The Kier molecular flexibility index (Phi) is 5.20. The van der Waals surface area contributed by atoms with Crippen LogP contribution in [0.2, 0.25) is 0 Å². The zero-order chi connectivity index (χ0) is 24.2. The van der Waals surface area contributed by atoms with Crippen molar-refractivity contribution in [2.45, 2.75) is 26.1 Å². The number of nitrogens with zero attached hydrogens (tertiary/aromatic N) is 1. The van der Waals surface area contributed by atoms with E-state index in [1.807, 2.05) is 42.5 Å². The van der Waals surface area contributed by atoms with E-state index in [1.165, 1.54) is 10.6 Å². The average molecular weight is 481 g/mol. The predicted molar refractivity (Wildman–Crippen MR) is 130 cm³/mol. The van der Waals surface area contributed by atoms with E-state index in [0.717, 1.165) is 39.8 Å². The van der Waals surface area contributed by atoms with Crippen molar-refractivity contribution in [3.8, 4) is 10.4 Å². The lowest BCUT2D eigenvalue weighted by Gasteiger charge is -2.17. The number of benzene rings is 3. The fourth-order valence-electron chi connectivity index (χ4n) is 4.45. The van der Waals surface area contributed by atoms with Crippen LogP contribution in [0.4, 0.5) is 13.2 Å². The number of aryl methyl sites for hydroxylation is 1. The van der Waals surface area contributed by atoms with Gasteiger partial charge in [0.25, 0.3) is 5.56 Å². The van der Waals surface area contributed by atoms with E-state index in [1.54, 1.807) is 19.9 Å². The maximum Gasteiger partial charge on any atom is 0.416 e. The molecule has 172 valence electrons. The predicted octanol–water partition coefficient (Wildman–Crippen LogP) is 6.51. The van der Waals surface area contributed by atoms with Crippen molar-refractivity contribution in [1.29, 1.82) is 0 Å². The van der Waals surface area contributed by atoms with Crippen molar-refractivity contribution in [1.82, 2.24) is 9.55 Å². The molecule has 8 heteroatoms. The molecule has 34 heavy (non-hydrogen) atoms. The van der Waals surface area contributed by atoms with Crippen molar-refractivity contribution < 1.29 is 13.2 Å². The Labute approximate surface area is 195 Å². The van der Waals surface area contributed by atoms with E-state index >= 15 is 0 Å². The molecule has 0 spiro atoms. The van der Waals surface area contributed by atoms with Crippen molar-refractivity contribution in [3.63, 3.8) is 0 Å². The van der Waals surface area contributed by atoms with Crippen LogP contribution in [-0.2, 0) is 6.18 Å². The number of rotatable bonds is 3. The van der Waals surface area contributed by atoms with E-state index < -0.39 is 29.0 Å². The molecule has 3 aromatic carbocycles. The van der Waals surface area contributed by atoms with Crippen LogP contribution in [0.3, 0.4) is 0 Å². The number of aromatic amines is 1. The molecule has 0 bridgehead atoms. The Morgan fingerprint density at radius 3 is 2.44 bits per heavy atom. The molecule has 0 saturated heterocycles. The SMILES string of the molecule is Cc1c(-c2cccc(C(F)(F)F)c2)sc2[nH]c(=O)n([C@@H](C)c3cccc4ccccc34)c(=O)c12. The zero-order valence-electron chi connectivity index (χ0n) is 18.2. The van der Waals surface area contributed by atoms with E-state index in [4.69, 9.17) is 0 Å². The highest BCUT2D eigenvalue weighted by molar-refractivity contribution is 7.22. The average Bonchev–Trinajstić information content (AvgIpc) is 3.14. The largest absolute Gasteiger partial charge is 0.416 e. The minimum Gasteiger partial charge on any atom is -0.298 e. The quantitative estimate of drug-likeness (QED) is 0.320. The minimum atomic E-state index is -4.48. The lowest BCUT2D eigenvalue weighted by atomic mass is 9.99. The van der Waals surface area contributed by atoms with Crippen LogP contribution in [0.5, 0.6) is 0 Å². The number of alkyl halides is 3.